The second kappa shape index (κ2) is 17.1. The van der Waals surface area contributed by atoms with E-state index in [1.54, 1.807) is 12.1 Å². The van der Waals surface area contributed by atoms with Crippen LogP contribution in [-0.4, -0.2) is 26.2 Å². The lowest BCUT2D eigenvalue weighted by molar-refractivity contribution is -0.137. The first-order chi connectivity index (χ1) is 36.4. The molecule has 2 aliphatic rings. The summed E-state index contributed by atoms with van der Waals surface area (Å²) < 4.78 is 47.8. The summed E-state index contributed by atoms with van der Waals surface area (Å²) in [4.78, 5) is 19.1. The Morgan fingerprint density at radius 3 is 1.41 bits per heavy atom. The van der Waals surface area contributed by atoms with Gasteiger partial charge in [-0.2, -0.15) is 13.2 Å². The van der Waals surface area contributed by atoms with Gasteiger partial charge in [-0.05, 0) is 112 Å². The first-order valence-corrected chi connectivity index (χ1v) is 24.5. The van der Waals surface area contributed by atoms with Crippen LogP contribution in [-0.2, 0) is 6.18 Å². The second-order valence-corrected chi connectivity index (χ2v) is 18.7. The van der Waals surface area contributed by atoms with Crippen molar-refractivity contribution in [1.82, 2.24) is 19.5 Å². The molecule has 14 rings (SSSR count). The summed E-state index contributed by atoms with van der Waals surface area (Å²) in [5, 5.41) is 1.92. The monoisotopic (exact) mass is 960 g/mol. The number of benzene rings is 10. The quantitative estimate of drug-likeness (QED) is 0.149. The molecule has 350 valence electrons. The Morgan fingerprint density at radius 1 is 0.351 bits per heavy atom. The first kappa shape index (κ1) is 43.3. The third-order valence-electron chi connectivity index (χ3n) is 14.4. The van der Waals surface area contributed by atoms with E-state index in [0.29, 0.717) is 16.8 Å². The normalized spacial score (nSPS) is 12.7. The molecule has 10 aromatic carbocycles. The van der Waals surface area contributed by atoms with Crippen LogP contribution in [0.5, 0.6) is 0 Å². The number of hydrogen-bond acceptors (Lipinski definition) is 5. The van der Waals surface area contributed by atoms with Crippen molar-refractivity contribution >= 4 is 79.0 Å². The van der Waals surface area contributed by atoms with Gasteiger partial charge in [-0.3, -0.25) is 0 Å². The summed E-state index contributed by atoms with van der Waals surface area (Å²) >= 11 is 0. The fourth-order valence-electron chi connectivity index (χ4n) is 11.2. The van der Waals surface area contributed by atoms with E-state index in [9.17, 15) is 0 Å². The van der Waals surface area contributed by atoms with Crippen LogP contribution in [0.4, 0.5) is 47.3 Å². The van der Waals surface area contributed by atoms with Crippen LogP contribution in [0.25, 0.3) is 72.8 Å². The number of para-hydroxylation sites is 5. The van der Waals surface area contributed by atoms with Crippen molar-refractivity contribution in [2.45, 2.75) is 6.18 Å². The number of alkyl halides is 3. The highest BCUT2D eigenvalue weighted by molar-refractivity contribution is 7.00. The predicted molar refractivity (Wildman–Crippen MR) is 295 cm³/mol. The minimum Gasteiger partial charge on any atom is -0.311 e. The number of nitrogens with zero attached hydrogens (tertiary/aromatic N) is 6. The SMILES string of the molecule is FC(F)(F)c1ccc(-n2c3ccccc3c3cc(-c4cc5c6c(c4)N(c4ccccc4)c4ccccc4B6c4ccccc4N5c4ccccc4)ccc32)cc1-c1nc(-c2ccccc2)nc(-c2ccccc2)n1. The van der Waals surface area contributed by atoms with Gasteiger partial charge in [0.25, 0.3) is 6.71 Å². The van der Waals surface area contributed by atoms with Crippen molar-refractivity contribution in [1.29, 1.82) is 0 Å². The lowest BCUT2D eigenvalue weighted by Gasteiger charge is -2.44. The van der Waals surface area contributed by atoms with Gasteiger partial charge < -0.3 is 14.4 Å². The predicted octanol–water partition coefficient (Wildman–Crippen LogP) is 14.7. The molecule has 0 fully saturated rings. The second-order valence-electron chi connectivity index (χ2n) is 18.7. The zero-order chi connectivity index (χ0) is 49.5. The molecule has 10 heteroatoms. The number of fused-ring (bicyclic) bond motifs is 7. The fourth-order valence-corrected chi connectivity index (χ4v) is 11.2. The van der Waals surface area contributed by atoms with Gasteiger partial charge in [-0.25, -0.2) is 15.0 Å². The standard InChI is InChI=1S/C64H40BF3N6/c66-64(67,68)51-35-34-47(40-50(51)63-70-61(41-19-5-1-6-20-41)69-62(71-63)42-21-7-2-8-22-42)74-54-30-16-13-27-48(54)49-37-43(33-36-55(49)74)44-38-58-60-59(39-44)73(46-25-11-4-12-26-46)57-32-18-15-29-53(57)65(60)52-28-14-17-31-56(52)72(58)45-23-9-3-10-24-45/h1-40H. The van der Waals surface area contributed by atoms with Gasteiger partial charge in [0, 0.05) is 67.3 Å². The molecule has 0 N–H and O–H groups in total. The van der Waals surface area contributed by atoms with E-state index in [1.807, 2.05) is 83.4 Å². The first-order valence-electron chi connectivity index (χ1n) is 24.5. The molecule has 0 atom stereocenters. The lowest BCUT2D eigenvalue weighted by Crippen LogP contribution is -2.61. The van der Waals surface area contributed by atoms with Gasteiger partial charge in [0.2, 0.25) is 0 Å². The zero-order valence-electron chi connectivity index (χ0n) is 39.5. The lowest BCUT2D eigenvalue weighted by atomic mass is 9.33. The molecular formula is C64H40BF3N6. The molecule has 0 saturated carbocycles. The van der Waals surface area contributed by atoms with Crippen molar-refractivity contribution in [3.63, 3.8) is 0 Å². The summed E-state index contributed by atoms with van der Waals surface area (Å²) in [6, 6.07) is 80.6. The number of hydrogen-bond donors (Lipinski definition) is 0. The molecular weight excluding hydrogens is 921 g/mol. The topological polar surface area (TPSA) is 50.1 Å². The van der Waals surface area contributed by atoms with Gasteiger partial charge in [-0.15, -0.1) is 0 Å². The van der Waals surface area contributed by atoms with Gasteiger partial charge >= 0.3 is 6.18 Å². The summed E-state index contributed by atoms with van der Waals surface area (Å²) in [6.45, 7) is -0.0251. The Kier molecular flexibility index (Phi) is 9.98. The van der Waals surface area contributed by atoms with E-state index in [2.05, 4.69) is 155 Å². The number of rotatable bonds is 7. The van der Waals surface area contributed by atoms with Gasteiger partial charge in [0.05, 0.1) is 16.6 Å². The number of aromatic nitrogens is 4. The van der Waals surface area contributed by atoms with E-state index in [4.69, 9.17) is 15.0 Å². The molecule has 0 aliphatic carbocycles. The van der Waals surface area contributed by atoms with E-state index in [0.717, 1.165) is 73.1 Å². The molecule has 0 bridgehead atoms. The molecule has 0 unspecified atom stereocenters. The van der Waals surface area contributed by atoms with Crippen molar-refractivity contribution in [2.75, 3.05) is 9.80 Å². The smallest absolute Gasteiger partial charge is 0.311 e. The zero-order valence-corrected chi connectivity index (χ0v) is 39.5. The number of halogens is 3. The summed E-state index contributed by atoms with van der Waals surface area (Å²) in [5.74, 6) is 0.473. The summed E-state index contributed by atoms with van der Waals surface area (Å²) in [7, 11) is 0. The van der Waals surface area contributed by atoms with Gasteiger partial charge in [-0.1, -0.05) is 158 Å². The Bertz CT molecular complexity index is 3980. The maximum Gasteiger partial charge on any atom is 0.417 e. The van der Waals surface area contributed by atoms with E-state index in [-0.39, 0.29) is 29.7 Å². The maximum atomic E-state index is 15.3. The summed E-state index contributed by atoms with van der Waals surface area (Å²) in [6.07, 6.45) is -4.71. The van der Waals surface area contributed by atoms with Crippen LogP contribution in [0, 0.1) is 0 Å². The summed E-state index contributed by atoms with van der Waals surface area (Å²) in [5.41, 5.74) is 14.8. The molecule has 0 radical (unpaired) electrons. The van der Waals surface area contributed by atoms with Crippen molar-refractivity contribution in [3.8, 4) is 51.0 Å². The number of anilines is 6. The largest absolute Gasteiger partial charge is 0.417 e. The third kappa shape index (κ3) is 7.01. The Balaban J connectivity index is 0.981. The molecule has 6 nitrogen and oxygen atoms in total. The van der Waals surface area contributed by atoms with Gasteiger partial charge in [0.1, 0.15) is 0 Å². The fraction of sp³-hybridized carbons (Fsp3) is 0.0156. The average Bonchev–Trinajstić information content (AvgIpc) is 3.80. The Hall–Kier alpha value is -9.54. The highest BCUT2D eigenvalue weighted by Gasteiger charge is 2.43. The van der Waals surface area contributed by atoms with Crippen molar-refractivity contribution in [3.05, 3.63) is 248 Å². The van der Waals surface area contributed by atoms with Crippen molar-refractivity contribution < 1.29 is 13.2 Å². The molecule has 2 aromatic heterocycles. The van der Waals surface area contributed by atoms with Crippen LogP contribution >= 0.6 is 0 Å². The van der Waals surface area contributed by atoms with Crippen LogP contribution in [0.15, 0.2) is 243 Å². The molecule has 2 aliphatic heterocycles. The minimum atomic E-state index is -4.71. The Labute approximate surface area is 425 Å². The van der Waals surface area contributed by atoms with Crippen LogP contribution < -0.4 is 26.2 Å². The molecule has 0 amide bonds. The highest BCUT2D eigenvalue weighted by Crippen LogP contribution is 2.47. The Morgan fingerprint density at radius 2 is 0.838 bits per heavy atom. The van der Waals surface area contributed by atoms with E-state index in [1.165, 1.54) is 16.4 Å². The molecule has 0 saturated heterocycles. The van der Waals surface area contributed by atoms with Crippen LogP contribution in [0.2, 0.25) is 0 Å². The maximum absolute atomic E-state index is 15.3. The minimum absolute atomic E-state index is 0.0251. The molecule has 74 heavy (non-hydrogen) atoms. The average molecular weight is 961 g/mol. The van der Waals surface area contributed by atoms with Crippen molar-refractivity contribution in [2.24, 2.45) is 0 Å². The van der Waals surface area contributed by atoms with Crippen LogP contribution in [0.1, 0.15) is 5.56 Å². The van der Waals surface area contributed by atoms with E-state index >= 15 is 13.2 Å². The van der Waals surface area contributed by atoms with E-state index < -0.39 is 11.7 Å². The third-order valence-corrected chi connectivity index (χ3v) is 14.4. The molecule has 12 aromatic rings. The molecule has 4 heterocycles. The highest BCUT2D eigenvalue weighted by atomic mass is 19.4. The van der Waals surface area contributed by atoms with Crippen LogP contribution in [0.3, 0.4) is 0 Å². The molecule has 0 spiro atoms. The van der Waals surface area contributed by atoms with Gasteiger partial charge in [0.15, 0.2) is 17.5 Å².